The van der Waals surface area contributed by atoms with Crippen LogP contribution in [0.1, 0.15) is 10.4 Å². The molecule has 1 saturated heterocycles. The van der Waals surface area contributed by atoms with Gasteiger partial charge in [-0.3, -0.25) is 4.79 Å². The molecule has 0 spiro atoms. The number of phenolic OH excluding ortho intramolecular Hbond substituents is 1. The van der Waals surface area contributed by atoms with E-state index in [1.165, 1.54) is 12.1 Å². The molecule has 0 atom stereocenters. The smallest absolute Gasteiger partial charge is 0.255 e. The van der Waals surface area contributed by atoms with Crippen LogP contribution in [0.25, 0.3) is 0 Å². The molecule has 31 heavy (non-hydrogen) atoms. The van der Waals surface area contributed by atoms with Crippen LogP contribution in [-0.4, -0.2) is 37.3 Å². The zero-order valence-electron chi connectivity index (χ0n) is 16.6. The fourth-order valence-electron chi connectivity index (χ4n) is 3.36. The maximum atomic E-state index is 14.2. The summed E-state index contributed by atoms with van der Waals surface area (Å²) in [5.41, 5.74) is 2.54. The predicted octanol–water partition coefficient (Wildman–Crippen LogP) is 5.02. The Balaban J connectivity index is 1.53. The molecule has 1 fully saturated rings. The average molecular weight is 442 g/mol. The van der Waals surface area contributed by atoms with Gasteiger partial charge in [0.05, 0.1) is 23.9 Å². The highest BCUT2D eigenvalue weighted by molar-refractivity contribution is 6.33. The van der Waals surface area contributed by atoms with Gasteiger partial charge in [0.15, 0.2) is 0 Å². The molecule has 0 aromatic heterocycles. The lowest BCUT2D eigenvalue weighted by atomic mass is 10.1. The number of rotatable bonds is 5. The molecule has 1 aliphatic heterocycles. The molecular weight excluding hydrogens is 421 g/mol. The monoisotopic (exact) mass is 441 g/mol. The molecule has 6 nitrogen and oxygen atoms in total. The first kappa shape index (κ1) is 21.0. The number of benzene rings is 3. The molecule has 1 amide bonds. The molecule has 0 saturated carbocycles. The van der Waals surface area contributed by atoms with Crippen molar-refractivity contribution in [2.75, 3.05) is 41.8 Å². The summed E-state index contributed by atoms with van der Waals surface area (Å²) in [6.45, 7) is 2.49. The Labute approximate surface area is 184 Å². The summed E-state index contributed by atoms with van der Waals surface area (Å²) in [5, 5.41) is 15.9. The Morgan fingerprint density at radius 1 is 1.03 bits per heavy atom. The zero-order chi connectivity index (χ0) is 21.8. The van der Waals surface area contributed by atoms with Crippen molar-refractivity contribution in [2.24, 2.45) is 0 Å². The lowest BCUT2D eigenvalue weighted by Gasteiger charge is -2.29. The molecule has 1 aliphatic rings. The van der Waals surface area contributed by atoms with Crippen LogP contribution in [0, 0.1) is 5.82 Å². The zero-order valence-corrected chi connectivity index (χ0v) is 17.3. The number of anilines is 4. The molecule has 8 heteroatoms. The van der Waals surface area contributed by atoms with Crippen molar-refractivity contribution >= 4 is 40.3 Å². The van der Waals surface area contributed by atoms with Crippen LogP contribution >= 0.6 is 11.6 Å². The van der Waals surface area contributed by atoms with Crippen molar-refractivity contribution in [1.82, 2.24) is 0 Å². The standard InChI is InChI=1S/C23H21ClFN3O3/c24-21-5-4-15(10-22(21)26-17-2-1-3-20(29)14-17)23(30)27-18-11-16(25)12-19(13-18)28-6-8-31-9-7-28/h1-5,10-14,26,29H,6-9H2,(H,27,30). The molecular formula is C23H21ClFN3O3. The Kier molecular flexibility index (Phi) is 6.25. The van der Waals surface area contributed by atoms with Crippen LogP contribution in [0.3, 0.4) is 0 Å². The number of hydrogen-bond acceptors (Lipinski definition) is 5. The largest absolute Gasteiger partial charge is 0.508 e. The van der Waals surface area contributed by atoms with E-state index in [1.807, 2.05) is 4.90 Å². The summed E-state index contributed by atoms with van der Waals surface area (Å²) in [5.74, 6) is -0.715. The van der Waals surface area contributed by atoms with Crippen molar-refractivity contribution in [3.05, 3.63) is 77.1 Å². The molecule has 3 aromatic carbocycles. The van der Waals surface area contributed by atoms with E-state index in [-0.39, 0.29) is 5.75 Å². The van der Waals surface area contributed by atoms with Crippen LogP contribution in [0.5, 0.6) is 5.75 Å². The molecule has 4 rings (SSSR count). The predicted molar refractivity (Wildman–Crippen MR) is 120 cm³/mol. The normalized spacial score (nSPS) is 13.7. The molecule has 0 bridgehead atoms. The first-order chi connectivity index (χ1) is 15.0. The average Bonchev–Trinajstić information content (AvgIpc) is 2.75. The van der Waals surface area contributed by atoms with Gasteiger partial charge >= 0.3 is 0 Å². The van der Waals surface area contributed by atoms with E-state index in [0.717, 1.165) is 0 Å². The summed E-state index contributed by atoms with van der Waals surface area (Å²) < 4.78 is 19.5. The number of ether oxygens (including phenoxy) is 1. The summed E-state index contributed by atoms with van der Waals surface area (Å²) in [4.78, 5) is 14.8. The number of halogens is 2. The fourth-order valence-corrected chi connectivity index (χ4v) is 3.52. The summed E-state index contributed by atoms with van der Waals surface area (Å²) in [7, 11) is 0. The number of carbonyl (C=O) groups is 1. The third-order valence-corrected chi connectivity index (χ3v) is 5.20. The maximum Gasteiger partial charge on any atom is 0.255 e. The molecule has 3 N–H and O–H groups in total. The van der Waals surface area contributed by atoms with E-state index in [9.17, 15) is 14.3 Å². The van der Waals surface area contributed by atoms with Gasteiger partial charge in [0.2, 0.25) is 0 Å². The number of amides is 1. The molecule has 160 valence electrons. The summed E-state index contributed by atoms with van der Waals surface area (Å²) in [6.07, 6.45) is 0. The Morgan fingerprint density at radius 2 is 1.84 bits per heavy atom. The number of carbonyl (C=O) groups excluding carboxylic acids is 1. The van der Waals surface area contributed by atoms with Gasteiger partial charge in [0, 0.05) is 41.8 Å². The van der Waals surface area contributed by atoms with E-state index < -0.39 is 11.7 Å². The van der Waals surface area contributed by atoms with E-state index >= 15 is 0 Å². The minimum absolute atomic E-state index is 0.109. The number of nitrogens with one attached hydrogen (secondary N) is 2. The quantitative estimate of drug-likeness (QED) is 0.518. The Hall–Kier alpha value is -3.29. The topological polar surface area (TPSA) is 73.8 Å². The first-order valence-electron chi connectivity index (χ1n) is 9.78. The minimum atomic E-state index is -0.429. The highest BCUT2D eigenvalue weighted by atomic mass is 35.5. The van der Waals surface area contributed by atoms with Crippen molar-refractivity contribution in [1.29, 1.82) is 0 Å². The Morgan fingerprint density at radius 3 is 2.61 bits per heavy atom. The summed E-state index contributed by atoms with van der Waals surface area (Å²) >= 11 is 6.26. The van der Waals surface area contributed by atoms with Gasteiger partial charge in [-0.1, -0.05) is 17.7 Å². The van der Waals surface area contributed by atoms with Gasteiger partial charge in [0.25, 0.3) is 5.91 Å². The van der Waals surface area contributed by atoms with Gasteiger partial charge in [-0.2, -0.15) is 0 Å². The second-order valence-electron chi connectivity index (χ2n) is 7.12. The number of phenols is 1. The van der Waals surface area contributed by atoms with Gasteiger partial charge in [-0.25, -0.2) is 4.39 Å². The Bertz CT molecular complexity index is 1100. The lowest BCUT2D eigenvalue weighted by molar-refractivity contribution is 0.102. The SMILES string of the molecule is O=C(Nc1cc(F)cc(N2CCOCC2)c1)c1ccc(Cl)c(Nc2cccc(O)c2)c1. The lowest BCUT2D eigenvalue weighted by Crippen LogP contribution is -2.36. The third-order valence-electron chi connectivity index (χ3n) is 4.87. The number of morpholine rings is 1. The molecule has 3 aromatic rings. The van der Waals surface area contributed by atoms with Gasteiger partial charge < -0.3 is 25.4 Å². The molecule has 0 aliphatic carbocycles. The van der Waals surface area contributed by atoms with Gasteiger partial charge in [0.1, 0.15) is 11.6 Å². The van der Waals surface area contributed by atoms with Crippen LogP contribution < -0.4 is 15.5 Å². The maximum absolute atomic E-state index is 14.2. The van der Waals surface area contributed by atoms with Crippen LogP contribution in [0.15, 0.2) is 60.7 Å². The van der Waals surface area contributed by atoms with E-state index in [1.54, 1.807) is 48.5 Å². The van der Waals surface area contributed by atoms with Crippen molar-refractivity contribution < 1.29 is 19.0 Å². The summed E-state index contributed by atoms with van der Waals surface area (Å²) in [6, 6.07) is 15.8. The number of hydrogen-bond donors (Lipinski definition) is 3. The number of nitrogens with zero attached hydrogens (tertiary/aromatic N) is 1. The molecule has 0 unspecified atom stereocenters. The fraction of sp³-hybridized carbons (Fsp3) is 0.174. The van der Waals surface area contributed by atoms with Crippen molar-refractivity contribution in [3.8, 4) is 5.75 Å². The second kappa shape index (κ2) is 9.24. The van der Waals surface area contributed by atoms with E-state index in [2.05, 4.69) is 10.6 Å². The van der Waals surface area contributed by atoms with E-state index in [4.69, 9.17) is 16.3 Å². The van der Waals surface area contributed by atoms with Crippen LogP contribution in [-0.2, 0) is 4.74 Å². The van der Waals surface area contributed by atoms with E-state index in [0.29, 0.717) is 59.6 Å². The molecule has 0 radical (unpaired) electrons. The third kappa shape index (κ3) is 5.25. The highest BCUT2D eigenvalue weighted by Crippen LogP contribution is 2.29. The van der Waals surface area contributed by atoms with Gasteiger partial charge in [-0.15, -0.1) is 0 Å². The highest BCUT2D eigenvalue weighted by Gasteiger charge is 2.15. The van der Waals surface area contributed by atoms with Crippen molar-refractivity contribution in [2.45, 2.75) is 0 Å². The molecule has 1 heterocycles. The van der Waals surface area contributed by atoms with Crippen molar-refractivity contribution in [3.63, 3.8) is 0 Å². The van der Waals surface area contributed by atoms with Gasteiger partial charge in [-0.05, 0) is 48.5 Å². The second-order valence-corrected chi connectivity index (χ2v) is 7.53. The first-order valence-corrected chi connectivity index (χ1v) is 10.2. The minimum Gasteiger partial charge on any atom is -0.508 e. The number of aromatic hydroxyl groups is 1. The van der Waals surface area contributed by atoms with Crippen LogP contribution in [0.2, 0.25) is 5.02 Å². The van der Waals surface area contributed by atoms with Crippen LogP contribution in [0.4, 0.5) is 27.1 Å².